The second kappa shape index (κ2) is 10.4. The molecule has 0 radical (unpaired) electrons. The quantitative estimate of drug-likeness (QED) is 0.241. The van der Waals surface area contributed by atoms with Gasteiger partial charge in [0.25, 0.3) is 0 Å². The van der Waals surface area contributed by atoms with Gasteiger partial charge in [0.2, 0.25) is 0 Å². The number of benzene rings is 4. The molecule has 0 N–H and O–H groups in total. The predicted molar refractivity (Wildman–Crippen MR) is 160 cm³/mol. The van der Waals surface area contributed by atoms with Crippen molar-refractivity contribution in [2.75, 3.05) is 19.0 Å². The molecule has 4 aromatic rings. The SMILES string of the molecule is CN(C)c1ccc(C(C(c2ccccc2)[Si](C)(C)c2ccccc2)[Si](C)(C)c2ccccc2)cc1. The number of rotatable bonds is 8. The van der Waals surface area contributed by atoms with Gasteiger partial charge in [0.05, 0.1) is 16.1 Å². The van der Waals surface area contributed by atoms with Gasteiger partial charge in [-0.2, -0.15) is 0 Å². The van der Waals surface area contributed by atoms with Gasteiger partial charge in [0, 0.05) is 19.8 Å². The van der Waals surface area contributed by atoms with Crippen molar-refractivity contribution in [3.05, 3.63) is 126 Å². The van der Waals surface area contributed by atoms with Crippen LogP contribution in [0.3, 0.4) is 0 Å². The Morgan fingerprint density at radius 2 is 0.800 bits per heavy atom. The average Bonchev–Trinajstić information content (AvgIpc) is 2.88. The molecule has 35 heavy (non-hydrogen) atoms. The molecule has 4 aromatic carbocycles. The first kappa shape index (κ1) is 25.2. The molecular weight excluding hydrogens is 455 g/mol. The van der Waals surface area contributed by atoms with Crippen molar-refractivity contribution in [2.45, 2.75) is 37.3 Å². The summed E-state index contributed by atoms with van der Waals surface area (Å²) in [5.41, 5.74) is 5.11. The van der Waals surface area contributed by atoms with Crippen LogP contribution in [0.5, 0.6) is 0 Å². The molecule has 180 valence electrons. The van der Waals surface area contributed by atoms with Crippen molar-refractivity contribution in [2.24, 2.45) is 0 Å². The Morgan fingerprint density at radius 3 is 1.17 bits per heavy atom. The molecule has 0 aromatic heterocycles. The molecule has 0 amide bonds. The molecule has 0 aliphatic carbocycles. The highest BCUT2D eigenvalue weighted by atomic mass is 28.3. The zero-order valence-electron chi connectivity index (χ0n) is 22.1. The van der Waals surface area contributed by atoms with E-state index in [-0.39, 0.29) is 0 Å². The lowest BCUT2D eigenvalue weighted by Gasteiger charge is -2.46. The van der Waals surface area contributed by atoms with E-state index < -0.39 is 16.1 Å². The number of hydrogen-bond donors (Lipinski definition) is 0. The van der Waals surface area contributed by atoms with Crippen LogP contribution < -0.4 is 15.3 Å². The summed E-state index contributed by atoms with van der Waals surface area (Å²) in [5.74, 6) is 0. The second-order valence-corrected chi connectivity index (χ2v) is 20.3. The fraction of sp³-hybridized carbons (Fsp3) is 0.250. The van der Waals surface area contributed by atoms with Crippen molar-refractivity contribution < 1.29 is 0 Å². The molecule has 1 nitrogen and oxygen atoms in total. The third kappa shape index (κ3) is 5.21. The third-order valence-electron chi connectivity index (χ3n) is 7.85. The highest BCUT2D eigenvalue weighted by Crippen LogP contribution is 2.45. The standard InChI is InChI=1S/C32H39NSi2/c1-33(2)28-24-22-27(23-25-28)32(35(5,6)30-20-14-9-15-21-30)31(26-16-10-7-11-17-26)34(3,4)29-18-12-8-13-19-29/h7-25,31-32H,1-6H3. The first-order valence-corrected chi connectivity index (χ1v) is 18.8. The zero-order valence-corrected chi connectivity index (χ0v) is 24.1. The van der Waals surface area contributed by atoms with E-state index in [4.69, 9.17) is 0 Å². The van der Waals surface area contributed by atoms with Gasteiger partial charge in [0.1, 0.15) is 0 Å². The van der Waals surface area contributed by atoms with Gasteiger partial charge >= 0.3 is 0 Å². The Labute approximate surface area is 214 Å². The smallest absolute Gasteiger partial charge is 0.0883 e. The van der Waals surface area contributed by atoms with E-state index >= 15 is 0 Å². The first-order chi connectivity index (χ1) is 16.7. The van der Waals surface area contributed by atoms with Crippen LogP contribution in [-0.2, 0) is 0 Å². The molecule has 0 saturated heterocycles. The molecular formula is C32H39NSi2. The Morgan fingerprint density at radius 1 is 0.457 bits per heavy atom. The first-order valence-electron chi connectivity index (χ1n) is 12.7. The lowest BCUT2D eigenvalue weighted by molar-refractivity contribution is 0.817. The fourth-order valence-corrected chi connectivity index (χ4v) is 15.2. The normalized spacial score (nSPS) is 13.8. The molecule has 0 spiro atoms. The van der Waals surface area contributed by atoms with Gasteiger partial charge < -0.3 is 4.90 Å². The molecule has 2 unspecified atom stereocenters. The Hall–Kier alpha value is -2.89. The molecule has 0 bridgehead atoms. The minimum atomic E-state index is -1.96. The molecule has 2 atom stereocenters. The molecule has 3 heteroatoms. The summed E-state index contributed by atoms with van der Waals surface area (Å²) in [6.07, 6.45) is 0. The maximum absolute atomic E-state index is 2.58. The maximum atomic E-state index is 2.58. The Kier molecular flexibility index (Phi) is 7.48. The molecule has 0 aliphatic rings. The minimum Gasteiger partial charge on any atom is -0.378 e. The van der Waals surface area contributed by atoms with Crippen molar-refractivity contribution >= 4 is 32.2 Å². The summed E-state index contributed by atoms with van der Waals surface area (Å²) in [4.78, 5) is 2.19. The number of hydrogen-bond acceptors (Lipinski definition) is 1. The average molecular weight is 494 g/mol. The highest BCUT2D eigenvalue weighted by Gasteiger charge is 2.48. The summed E-state index contributed by atoms with van der Waals surface area (Å²) in [6, 6.07) is 43.4. The van der Waals surface area contributed by atoms with E-state index in [1.165, 1.54) is 27.2 Å². The van der Waals surface area contributed by atoms with Gasteiger partial charge in [-0.3, -0.25) is 0 Å². The van der Waals surface area contributed by atoms with Crippen molar-refractivity contribution in [1.82, 2.24) is 0 Å². The molecule has 4 rings (SSSR count). The van der Waals surface area contributed by atoms with Crippen LogP contribution in [0.4, 0.5) is 5.69 Å². The van der Waals surface area contributed by atoms with E-state index in [2.05, 4.69) is 160 Å². The van der Waals surface area contributed by atoms with Crippen LogP contribution in [0.15, 0.2) is 115 Å². The van der Waals surface area contributed by atoms with Crippen LogP contribution >= 0.6 is 0 Å². The van der Waals surface area contributed by atoms with Gasteiger partial charge in [-0.25, -0.2) is 0 Å². The van der Waals surface area contributed by atoms with E-state index in [1.54, 1.807) is 0 Å². The van der Waals surface area contributed by atoms with Crippen LogP contribution in [0.2, 0.25) is 26.2 Å². The number of anilines is 1. The van der Waals surface area contributed by atoms with Crippen LogP contribution in [0.25, 0.3) is 0 Å². The minimum absolute atomic E-state index is 0.449. The summed E-state index contributed by atoms with van der Waals surface area (Å²) in [7, 11) is 0.326. The fourth-order valence-electron chi connectivity index (χ4n) is 5.79. The van der Waals surface area contributed by atoms with Crippen LogP contribution in [0, 0.1) is 0 Å². The maximum Gasteiger partial charge on any atom is 0.0883 e. The molecule has 0 fully saturated rings. The van der Waals surface area contributed by atoms with Gasteiger partial charge in [-0.15, -0.1) is 0 Å². The van der Waals surface area contributed by atoms with E-state index in [9.17, 15) is 0 Å². The van der Waals surface area contributed by atoms with Gasteiger partial charge in [0.15, 0.2) is 0 Å². The monoisotopic (exact) mass is 493 g/mol. The van der Waals surface area contributed by atoms with Crippen molar-refractivity contribution in [3.63, 3.8) is 0 Å². The summed E-state index contributed by atoms with van der Waals surface area (Å²) < 4.78 is 0. The van der Waals surface area contributed by atoms with E-state index in [0.717, 1.165) is 0 Å². The Bertz CT molecular complexity index is 1200. The highest BCUT2D eigenvalue weighted by molar-refractivity contribution is 6.96. The van der Waals surface area contributed by atoms with Crippen LogP contribution in [-0.4, -0.2) is 30.2 Å². The van der Waals surface area contributed by atoms with Gasteiger partial charge in [-0.1, -0.05) is 140 Å². The van der Waals surface area contributed by atoms with Gasteiger partial charge in [-0.05, 0) is 34.3 Å². The summed E-state index contributed by atoms with van der Waals surface area (Å²) in [5, 5.41) is 3.06. The molecule has 0 heterocycles. The zero-order chi connectivity index (χ0) is 25.1. The Balaban J connectivity index is 1.98. The van der Waals surface area contributed by atoms with Crippen LogP contribution in [0.1, 0.15) is 22.2 Å². The van der Waals surface area contributed by atoms with Crippen molar-refractivity contribution in [1.29, 1.82) is 0 Å². The summed E-state index contributed by atoms with van der Waals surface area (Å²) in [6.45, 7) is 10.3. The largest absolute Gasteiger partial charge is 0.378 e. The molecule has 0 aliphatic heterocycles. The summed E-state index contributed by atoms with van der Waals surface area (Å²) >= 11 is 0. The third-order valence-corrected chi connectivity index (χ3v) is 16.3. The second-order valence-electron chi connectivity index (χ2n) is 11.0. The lowest BCUT2D eigenvalue weighted by Crippen LogP contribution is -2.58. The topological polar surface area (TPSA) is 3.24 Å². The molecule has 0 saturated carbocycles. The number of nitrogens with zero attached hydrogens (tertiary/aromatic N) is 1. The van der Waals surface area contributed by atoms with E-state index in [1.807, 2.05) is 0 Å². The predicted octanol–water partition coefficient (Wildman–Crippen LogP) is 6.93. The lowest BCUT2D eigenvalue weighted by atomic mass is 10.0. The van der Waals surface area contributed by atoms with E-state index in [0.29, 0.717) is 11.1 Å². The van der Waals surface area contributed by atoms with Crippen molar-refractivity contribution in [3.8, 4) is 0 Å².